The van der Waals surface area contributed by atoms with E-state index >= 15 is 0 Å². The molecule has 0 radical (unpaired) electrons. The molecule has 1 saturated carbocycles. The van der Waals surface area contributed by atoms with Crippen molar-refractivity contribution in [2.75, 3.05) is 7.05 Å². The normalized spacial score (nSPS) is 17.7. The number of thiazole rings is 1. The minimum absolute atomic E-state index is 0.0987. The molecule has 0 spiro atoms. The van der Waals surface area contributed by atoms with Crippen LogP contribution in [0.1, 0.15) is 25.0 Å². The van der Waals surface area contributed by atoms with E-state index in [4.69, 9.17) is 0 Å². The Labute approximate surface area is 98.2 Å². The van der Waals surface area contributed by atoms with Gasteiger partial charge in [0.2, 0.25) is 0 Å². The van der Waals surface area contributed by atoms with Gasteiger partial charge in [-0.1, -0.05) is 17.8 Å². The third-order valence-electron chi connectivity index (χ3n) is 2.98. The molecule has 90 valence electrons. The van der Waals surface area contributed by atoms with Gasteiger partial charge in [-0.05, 0) is 19.8 Å². The van der Waals surface area contributed by atoms with Crippen LogP contribution < -0.4 is 4.87 Å². The van der Waals surface area contributed by atoms with Crippen LogP contribution in [0.25, 0.3) is 0 Å². The van der Waals surface area contributed by atoms with Crippen molar-refractivity contribution < 1.29 is 8.42 Å². The van der Waals surface area contributed by atoms with Gasteiger partial charge in [0.25, 0.3) is 10.0 Å². The van der Waals surface area contributed by atoms with Gasteiger partial charge in [0.1, 0.15) is 0 Å². The molecule has 7 heteroatoms. The summed E-state index contributed by atoms with van der Waals surface area (Å²) >= 11 is 0.761. The number of rotatable bonds is 3. The standard InChI is InChI=1S/C9H14N2O3S2/c1-6-8(15-9(12)10-6)16(13,14)11(2)7-4-3-5-7/h7H,3-5H2,1-2H3,(H,10,12). The van der Waals surface area contributed by atoms with Crippen molar-refractivity contribution >= 4 is 21.4 Å². The highest BCUT2D eigenvalue weighted by Crippen LogP contribution is 2.29. The van der Waals surface area contributed by atoms with Gasteiger partial charge in [0.05, 0.1) is 0 Å². The van der Waals surface area contributed by atoms with Gasteiger partial charge in [-0.2, -0.15) is 4.31 Å². The van der Waals surface area contributed by atoms with Gasteiger partial charge in [-0.25, -0.2) is 8.42 Å². The van der Waals surface area contributed by atoms with Crippen molar-refractivity contribution in [1.82, 2.24) is 9.29 Å². The highest BCUT2D eigenvalue weighted by atomic mass is 32.2. The molecule has 0 amide bonds. The first-order valence-electron chi connectivity index (χ1n) is 5.10. The van der Waals surface area contributed by atoms with E-state index in [1.54, 1.807) is 14.0 Å². The average molecular weight is 262 g/mol. The smallest absolute Gasteiger partial charge is 0.305 e. The predicted molar refractivity (Wildman–Crippen MR) is 62.3 cm³/mol. The van der Waals surface area contributed by atoms with Gasteiger partial charge in [-0.3, -0.25) is 4.79 Å². The van der Waals surface area contributed by atoms with Crippen molar-refractivity contribution in [2.24, 2.45) is 0 Å². The fraction of sp³-hybridized carbons (Fsp3) is 0.667. The molecule has 1 N–H and O–H groups in total. The molecule has 1 aromatic rings. The second-order valence-electron chi connectivity index (χ2n) is 4.03. The molecule has 5 nitrogen and oxygen atoms in total. The van der Waals surface area contributed by atoms with Crippen molar-refractivity contribution in [1.29, 1.82) is 0 Å². The van der Waals surface area contributed by atoms with Crippen LogP contribution in [-0.4, -0.2) is 30.8 Å². The molecule has 1 fully saturated rings. The Morgan fingerprint density at radius 2 is 2.06 bits per heavy atom. The van der Waals surface area contributed by atoms with E-state index in [0.29, 0.717) is 5.69 Å². The predicted octanol–water partition coefficient (Wildman–Crippen LogP) is 0.918. The number of hydrogen-bond donors (Lipinski definition) is 1. The molecule has 16 heavy (non-hydrogen) atoms. The second kappa shape index (κ2) is 3.97. The first-order valence-corrected chi connectivity index (χ1v) is 7.36. The number of aromatic amines is 1. The fourth-order valence-electron chi connectivity index (χ4n) is 1.71. The molecule has 0 atom stereocenters. The van der Waals surface area contributed by atoms with Gasteiger partial charge < -0.3 is 4.98 Å². The lowest BCUT2D eigenvalue weighted by atomic mass is 9.94. The number of aromatic nitrogens is 1. The molecule has 1 heterocycles. The van der Waals surface area contributed by atoms with E-state index < -0.39 is 10.0 Å². The van der Waals surface area contributed by atoms with Crippen LogP contribution in [0.2, 0.25) is 0 Å². The molecule has 0 aliphatic heterocycles. The summed E-state index contributed by atoms with van der Waals surface area (Å²) in [5, 5.41) is 0. The zero-order valence-electron chi connectivity index (χ0n) is 9.19. The summed E-state index contributed by atoms with van der Waals surface area (Å²) < 4.78 is 25.9. The van der Waals surface area contributed by atoms with Crippen LogP contribution in [0.3, 0.4) is 0 Å². The largest absolute Gasteiger partial charge is 0.315 e. The Hall–Kier alpha value is -0.660. The summed E-state index contributed by atoms with van der Waals surface area (Å²) in [5.74, 6) is 0. The third-order valence-corrected chi connectivity index (χ3v) is 6.48. The van der Waals surface area contributed by atoms with Crippen molar-refractivity contribution in [2.45, 2.75) is 36.4 Å². The van der Waals surface area contributed by atoms with Gasteiger partial charge in [0.15, 0.2) is 4.21 Å². The third kappa shape index (κ3) is 1.83. The molecule has 0 saturated heterocycles. The van der Waals surface area contributed by atoms with Gasteiger partial charge in [0, 0.05) is 18.8 Å². The van der Waals surface area contributed by atoms with E-state index in [1.165, 1.54) is 4.31 Å². The lowest BCUT2D eigenvalue weighted by molar-refractivity contribution is 0.250. The Morgan fingerprint density at radius 3 is 2.44 bits per heavy atom. The quantitative estimate of drug-likeness (QED) is 0.880. The number of nitrogens with one attached hydrogen (secondary N) is 1. The summed E-state index contributed by atoms with van der Waals surface area (Å²) in [7, 11) is -1.90. The van der Waals surface area contributed by atoms with E-state index in [-0.39, 0.29) is 15.1 Å². The van der Waals surface area contributed by atoms with Crippen LogP contribution in [-0.2, 0) is 10.0 Å². The zero-order valence-corrected chi connectivity index (χ0v) is 10.8. The van der Waals surface area contributed by atoms with Crippen LogP contribution in [0.5, 0.6) is 0 Å². The molecule has 0 unspecified atom stereocenters. The molecule has 0 bridgehead atoms. The van der Waals surface area contributed by atoms with Crippen LogP contribution >= 0.6 is 11.3 Å². The second-order valence-corrected chi connectivity index (χ2v) is 7.21. The van der Waals surface area contributed by atoms with E-state index in [1.807, 2.05) is 0 Å². The topological polar surface area (TPSA) is 70.2 Å². The highest BCUT2D eigenvalue weighted by molar-refractivity contribution is 7.91. The Kier molecular flexibility index (Phi) is 2.93. The van der Waals surface area contributed by atoms with Gasteiger partial charge in [-0.15, -0.1) is 0 Å². The highest BCUT2D eigenvalue weighted by Gasteiger charge is 2.33. The van der Waals surface area contributed by atoms with Gasteiger partial charge >= 0.3 is 4.87 Å². The lowest BCUT2D eigenvalue weighted by Crippen LogP contribution is -2.41. The monoisotopic (exact) mass is 262 g/mol. The Morgan fingerprint density at radius 1 is 1.44 bits per heavy atom. The summed E-state index contributed by atoms with van der Waals surface area (Å²) in [5.41, 5.74) is 0.432. The summed E-state index contributed by atoms with van der Waals surface area (Å²) in [6.07, 6.45) is 2.90. The van der Waals surface area contributed by atoms with Crippen LogP contribution in [0, 0.1) is 6.92 Å². The fourth-order valence-corrected chi connectivity index (χ4v) is 4.59. The lowest BCUT2D eigenvalue weighted by Gasteiger charge is -2.33. The van der Waals surface area contributed by atoms with E-state index in [9.17, 15) is 13.2 Å². The molecule has 1 aliphatic carbocycles. The first-order chi connectivity index (χ1) is 7.43. The summed E-state index contributed by atoms with van der Waals surface area (Å²) in [4.78, 5) is 13.3. The van der Waals surface area contributed by atoms with E-state index in [2.05, 4.69) is 4.98 Å². The first kappa shape index (κ1) is 11.8. The number of nitrogens with zero attached hydrogens (tertiary/aromatic N) is 1. The maximum Gasteiger partial charge on any atom is 0.305 e. The maximum atomic E-state index is 12.2. The van der Waals surface area contributed by atoms with Crippen molar-refractivity contribution in [3.05, 3.63) is 15.4 Å². The molecular weight excluding hydrogens is 248 g/mol. The molecular formula is C9H14N2O3S2. The SMILES string of the molecule is Cc1[nH]c(=O)sc1S(=O)(=O)N(C)C1CCC1. The maximum absolute atomic E-state index is 12.2. The van der Waals surface area contributed by atoms with Crippen molar-refractivity contribution in [3.63, 3.8) is 0 Å². The number of H-pyrrole nitrogens is 1. The number of sulfonamides is 1. The molecule has 1 aromatic heterocycles. The summed E-state index contributed by atoms with van der Waals surface area (Å²) in [6.45, 7) is 1.61. The Balaban J connectivity index is 2.38. The minimum atomic E-state index is -3.49. The molecule has 2 rings (SSSR count). The minimum Gasteiger partial charge on any atom is -0.315 e. The Bertz CT molecular complexity index is 539. The van der Waals surface area contributed by atoms with E-state index in [0.717, 1.165) is 30.6 Å². The van der Waals surface area contributed by atoms with Crippen LogP contribution in [0.4, 0.5) is 0 Å². The van der Waals surface area contributed by atoms with Crippen molar-refractivity contribution in [3.8, 4) is 0 Å². The summed E-state index contributed by atoms with van der Waals surface area (Å²) in [6, 6.07) is 0.0987. The van der Waals surface area contributed by atoms with Crippen LogP contribution in [0.15, 0.2) is 9.00 Å². The molecule has 1 aliphatic rings. The zero-order chi connectivity index (χ0) is 11.9. The average Bonchev–Trinajstić information content (AvgIpc) is 2.42. The number of hydrogen-bond acceptors (Lipinski definition) is 4. The number of aryl methyl sites for hydroxylation is 1. The molecule has 0 aromatic carbocycles.